The van der Waals surface area contributed by atoms with Gasteiger partial charge in [-0.15, -0.1) is 0 Å². The van der Waals surface area contributed by atoms with Gasteiger partial charge in [0.2, 0.25) is 0 Å². The van der Waals surface area contributed by atoms with Crippen LogP contribution in [0, 0.1) is 18.3 Å². The first-order chi connectivity index (χ1) is 15.6. The Morgan fingerprint density at radius 3 is 2.72 bits per heavy atom. The summed E-state index contributed by atoms with van der Waals surface area (Å²) in [5.41, 5.74) is 8.42. The molecule has 3 heterocycles. The third-order valence-electron chi connectivity index (χ3n) is 5.22. The van der Waals surface area contributed by atoms with Crippen LogP contribution in [0.4, 0.5) is 10.2 Å². The van der Waals surface area contributed by atoms with Crippen molar-refractivity contribution in [2.45, 2.75) is 13.1 Å². The second kappa shape index (κ2) is 9.73. The van der Waals surface area contributed by atoms with Crippen molar-refractivity contribution in [3.63, 3.8) is 0 Å². The Morgan fingerprint density at radius 2 is 2.03 bits per heavy atom. The molecule has 7 nitrogen and oxygen atoms in total. The molecule has 1 saturated heterocycles. The molecule has 2 N–H and O–H groups in total. The van der Waals surface area contributed by atoms with Crippen LogP contribution >= 0.6 is 0 Å². The van der Waals surface area contributed by atoms with Gasteiger partial charge in [-0.3, -0.25) is 4.98 Å². The van der Waals surface area contributed by atoms with Gasteiger partial charge in [-0.2, -0.15) is 5.26 Å². The number of aryl methyl sites for hydroxylation is 1. The lowest BCUT2D eigenvalue weighted by Crippen LogP contribution is -2.36. The zero-order valence-corrected chi connectivity index (χ0v) is 17.8. The number of hydrogen-bond donors (Lipinski definition) is 1. The van der Waals surface area contributed by atoms with Gasteiger partial charge in [-0.05, 0) is 31.2 Å². The Balaban J connectivity index is 1.68. The fourth-order valence-electron chi connectivity index (χ4n) is 3.53. The SMILES string of the molecule is Cc1cc(Oc2cc(C#N)ccc2-c2ccc([C@@H](F)CN)cn2)cc(N2CCOCC2)n1. The molecule has 0 bridgehead atoms. The first kappa shape index (κ1) is 21.7. The molecule has 164 valence electrons. The maximum Gasteiger partial charge on any atom is 0.139 e. The molecule has 0 aliphatic carbocycles. The van der Waals surface area contributed by atoms with Gasteiger partial charge in [0, 0.05) is 54.8 Å². The lowest BCUT2D eigenvalue weighted by molar-refractivity contribution is 0.122. The minimum atomic E-state index is -1.26. The van der Waals surface area contributed by atoms with E-state index < -0.39 is 6.17 Å². The minimum absolute atomic E-state index is 0.0981. The summed E-state index contributed by atoms with van der Waals surface area (Å²) >= 11 is 0. The number of halogens is 1. The summed E-state index contributed by atoms with van der Waals surface area (Å²) in [6, 6.07) is 14.4. The number of anilines is 1. The first-order valence-corrected chi connectivity index (χ1v) is 10.4. The fourth-order valence-corrected chi connectivity index (χ4v) is 3.53. The number of ether oxygens (including phenoxy) is 2. The number of rotatable bonds is 6. The number of alkyl halides is 1. The summed E-state index contributed by atoms with van der Waals surface area (Å²) < 4.78 is 25.5. The van der Waals surface area contributed by atoms with Gasteiger partial charge in [-0.1, -0.05) is 6.07 Å². The van der Waals surface area contributed by atoms with Crippen molar-refractivity contribution < 1.29 is 13.9 Å². The van der Waals surface area contributed by atoms with Crippen molar-refractivity contribution in [1.29, 1.82) is 5.26 Å². The van der Waals surface area contributed by atoms with E-state index in [1.807, 2.05) is 19.1 Å². The smallest absolute Gasteiger partial charge is 0.139 e. The van der Waals surface area contributed by atoms with E-state index in [-0.39, 0.29) is 6.54 Å². The Morgan fingerprint density at radius 1 is 1.22 bits per heavy atom. The van der Waals surface area contributed by atoms with Crippen LogP contribution in [0.15, 0.2) is 48.7 Å². The van der Waals surface area contributed by atoms with E-state index in [0.717, 1.165) is 24.6 Å². The number of aromatic nitrogens is 2. The molecule has 0 saturated carbocycles. The molecule has 3 aromatic rings. The van der Waals surface area contributed by atoms with Crippen LogP contribution in [0.25, 0.3) is 11.3 Å². The minimum Gasteiger partial charge on any atom is -0.456 e. The molecule has 32 heavy (non-hydrogen) atoms. The van der Waals surface area contributed by atoms with Crippen molar-refractivity contribution in [2.24, 2.45) is 5.73 Å². The number of nitrogens with zero attached hydrogens (tertiary/aromatic N) is 4. The predicted octanol–water partition coefficient (Wildman–Crippen LogP) is 3.92. The summed E-state index contributed by atoms with van der Waals surface area (Å²) in [5.74, 6) is 1.91. The van der Waals surface area contributed by atoms with Gasteiger partial charge in [0.15, 0.2) is 0 Å². The van der Waals surface area contributed by atoms with Crippen molar-refractivity contribution in [2.75, 3.05) is 37.7 Å². The van der Waals surface area contributed by atoms with E-state index >= 15 is 0 Å². The Hall–Kier alpha value is -3.54. The average molecular weight is 433 g/mol. The van der Waals surface area contributed by atoms with Crippen LogP contribution in [0.2, 0.25) is 0 Å². The van der Waals surface area contributed by atoms with E-state index in [0.29, 0.717) is 47.1 Å². The number of nitriles is 1. The Kier molecular flexibility index (Phi) is 6.59. The van der Waals surface area contributed by atoms with Crippen LogP contribution in [0.5, 0.6) is 11.5 Å². The van der Waals surface area contributed by atoms with Crippen molar-refractivity contribution in [3.05, 3.63) is 65.5 Å². The second-order valence-electron chi connectivity index (χ2n) is 7.51. The number of morpholine rings is 1. The van der Waals surface area contributed by atoms with Crippen LogP contribution in [0.1, 0.15) is 23.0 Å². The summed E-state index contributed by atoms with van der Waals surface area (Å²) in [7, 11) is 0. The third-order valence-corrected chi connectivity index (χ3v) is 5.22. The van der Waals surface area contributed by atoms with Gasteiger partial charge in [-0.25, -0.2) is 9.37 Å². The molecule has 0 amide bonds. The highest BCUT2D eigenvalue weighted by Crippen LogP contribution is 2.35. The molecular formula is C24H24FN5O2. The molecular weight excluding hydrogens is 409 g/mol. The molecule has 4 rings (SSSR count). The molecule has 0 unspecified atom stereocenters. The molecule has 1 aromatic carbocycles. The quantitative estimate of drug-likeness (QED) is 0.629. The van der Waals surface area contributed by atoms with Crippen molar-refractivity contribution in [1.82, 2.24) is 9.97 Å². The lowest BCUT2D eigenvalue weighted by atomic mass is 10.1. The highest BCUT2D eigenvalue weighted by Gasteiger charge is 2.16. The van der Waals surface area contributed by atoms with Crippen LogP contribution in [-0.4, -0.2) is 42.8 Å². The second-order valence-corrected chi connectivity index (χ2v) is 7.51. The number of pyridine rings is 2. The highest BCUT2D eigenvalue weighted by atomic mass is 19.1. The maximum atomic E-state index is 13.8. The number of benzene rings is 1. The molecule has 1 aliphatic heterocycles. The first-order valence-electron chi connectivity index (χ1n) is 10.4. The van der Waals surface area contributed by atoms with E-state index in [1.54, 1.807) is 30.3 Å². The monoisotopic (exact) mass is 433 g/mol. The van der Waals surface area contributed by atoms with Gasteiger partial charge in [0.05, 0.1) is 30.5 Å². The fraction of sp³-hybridized carbons (Fsp3) is 0.292. The highest BCUT2D eigenvalue weighted by molar-refractivity contribution is 5.69. The molecule has 8 heteroatoms. The number of hydrogen-bond acceptors (Lipinski definition) is 7. The van der Waals surface area contributed by atoms with E-state index in [1.165, 1.54) is 6.20 Å². The Labute approximate surface area is 186 Å². The summed E-state index contributed by atoms with van der Waals surface area (Å²) in [6.45, 7) is 4.66. The predicted molar refractivity (Wildman–Crippen MR) is 119 cm³/mol. The summed E-state index contributed by atoms with van der Waals surface area (Å²) in [6.07, 6.45) is 0.216. The topological polar surface area (TPSA) is 97.3 Å². The van der Waals surface area contributed by atoms with E-state index in [9.17, 15) is 9.65 Å². The summed E-state index contributed by atoms with van der Waals surface area (Å²) in [4.78, 5) is 11.2. The molecule has 1 fully saturated rings. The molecule has 1 aliphatic rings. The lowest BCUT2D eigenvalue weighted by Gasteiger charge is -2.28. The zero-order valence-electron chi connectivity index (χ0n) is 17.8. The third kappa shape index (κ3) is 4.85. The van der Waals surface area contributed by atoms with Crippen molar-refractivity contribution >= 4 is 5.82 Å². The largest absolute Gasteiger partial charge is 0.456 e. The van der Waals surface area contributed by atoms with Gasteiger partial charge in [0.1, 0.15) is 23.5 Å². The van der Waals surface area contributed by atoms with Gasteiger partial charge >= 0.3 is 0 Å². The van der Waals surface area contributed by atoms with Gasteiger partial charge in [0.25, 0.3) is 0 Å². The van der Waals surface area contributed by atoms with E-state index in [2.05, 4.69) is 20.9 Å². The zero-order chi connectivity index (χ0) is 22.5. The molecule has 0 spiro atoms. The van der Waals surface area contributed by atoms with Crippen LogP contribution in [0.3, 0.4) is 0 Å². The maximum absolute atomic E-state index is 13.8. The van der Waals surface area contributed by atoms with Crippen LogP contribution < -0.4 is 15.4 Å². The Bertz CT molecular complexity index is 1120. The van der Waals surface area contributed by atoms with Crippen LogP contribution in [-0.2, 0) is 4.74 Å². The molecule has 1 atom stereocenters. The average Bonchev–Trinajstić information content (AvgIpc) is 2.84. The van der Waals surface area contributed by atoms with Gasteiger partial charge < -0.3 is 20.1 Å². The van der Waals surface area contributed by atoms with Crippen molar-refractivity contribution in [3.8, 4) is 28.8 Å². The molecule has 0 radical (unpaired) electrons. The standard InChI is InChI=1S/C24H24FN5O2/c1-16-10-19(12-24(29-16)30-6-8-31-9-7-30)32-23-11-17(13-26)2-4-20(23)22-5-3-18(15-28-22)21(25)14-27/h2-5,10-12,15,21H,6-9,14,27H2,1H3/t21-/m0/s1. The van der Waals surface area contributed by atoms with E-state index in [4.69, 9.17) is 15.2 Å². The normalized spacial score (nSPS) is 14.6. The summed E-state index contributed by atoms with van der Waals surface area (Å²) in [5, 5.41) is 9.37. The number of nitrogens with two attached hydrogens (primary N) is 1. The molecule has 2 aromatic heterocycles.